The first-order valence-corrected chi connectivity index (χ1v) is 5.14. The lowest BCUT2D eigenvalue weighted by Crippen LogP contribution is -1.92. The number of fused-ring (bicyclic) bond motifs is 3. The highest BCUT2D eigenvalue weighted by Gasteiger charge is 2.16. The van der Waals surface area contributed by atoms with Gasteiger partial charge < -0.3 is 0 Å². The van der Waals surface area contributed by atoms with E-state index in [1.807, 2.05) is 0 Å². The van der Waals surface area contributed by atoms with Crippen molar-refractivity contribution in [1.82, 2.24) is 0 Å². The lowest BCUT2D eigenvalue weighted by atomic mass is 10.0. The third-order valence-electron chi connectivity index (χ3n) is 2.88. The predicted molar refractivity (Wildman–Crippen MR) is 61.3 cm³/mol. The van der Waals surface area contributed by atoms with E-state index >= 15 is 0 Å². The smallest absolute Gasteiger partial charge is 0.170 e. The Balaban J connectivity index is 2.70. The zero-order chi connectivity index (χ0) is 12.0. The molecule has 0 aliphatic heterocycles. The molecule has 0 heterocycles. The molecule has 0 saturated heterocycles. The van der Waals surface area contributed by atoms with Crippen LogP contribution >= 0.6 is 0 Å². The van der Waals surface area contributed by atoms with Gasteiger partial charge in [0.25, 0.3) is 0 Å². The van der Waals surface area contributed by atoms with Gasteiger partial charge in [0.05, 0.1) is 5.39 Å². The van der Waals surface area contributed by atoms with Gasteiger partial charge in [0.2, 0.25) is 0 Å². The topological polar surface area (TPSA) is 0 Å². The zero-order valence-corrected chi connectivity index (χ0v) is 8.68. The molecule has 0 aliphatic rings. The van der Waals surface area contributed by atoms with Crippen LogP contribution in [0.15, 0.2) is 42.5 Å². The summed E-state index contributed by atoms with van der Waals surface area (Å²) < 4.78 is 41.1. The number of benzene rings is 3. The van der Waals surface area contributed by atoms with Crippen LogP contribution < -0.4 is 0 Å². The molecule has 3 aromatic rings. The normalized spacial score (nSPS) is 11.2. The molecule has 0 bridgehead atoms. The van der Waals surface area contributed by atoms with Gasteiger partial charge in [-0.3, -0.25) is 0 Å². The molecule has 3 heteroatoms. The van der Waals surface area contributed by atoms with Crippen molar-refractivity contribution in [2.45, 2.75) is 0 Å². The molecule has 0 spiro atoms. The molecule has 0 N–H and O–H groups in total. The van der Waals surface area contributed by atoms with Gasteiger partial charge >= 0.3 is 0 Å². The van der Waals surface area contributed by atoms with Crippen molar-refractivity contribution >= 4 is 21.5 Å². The molecule has 3 rings (SSSR count). The molecule has 0 radical (unpaired) electrons. The zero-order valence-electron chi connectivity index (χ0n) is 8.68. The average Bonchev–Trinajstić information content (AvgIpc) is 2.36. The summed E-state index contributed by atoms with van der Waals surface area (Å²) in [4.78, 5) is 0. The van der Waals surface area contributed by atoms with Crippen LogP contribution in [0.1, 0.15) is 0 Å². The fraction of sp³-hybridized carbons (Fsp3) is 0. The van der Waals surface area contributed by atoms with E-state index in [1.165, 1.54) is 12.1 Å². The summed E-state index contributed by atoms with van der Waals surface area (Å²) in [5.41, 5.74) is 0. The summed E-state index contributed by atoms with van der Waals surface area (Å²) in [6, 6.07) is 10.7. The van der Waals surface area contributed by atoms with Crippen LogP contribution in [0.25, 0.3) is 21.5 Å². The van der Waals surface area contributed by atoms with Crippen molar-refractivity contribution in [2.75, 3.05) is 0 Å². The second-order valence-electron chi connectivity index (χ2n) is 3.84. The Morgan fingerprint density at radius 3 is 2.00 bits per heavy atom. The average molecular weight is 232 g/mol. The van der Waals surface area contributed by atoms with Crippen LogP contribution in [0.4, 0.5) is 13.2 Å². The van der Waals surface area contributed by atoms with Crippen LogP contribution in [0.2, 0.25) is 0 Å². The Hall–Kier alpha value is -2.03. The van der Waals surface area contributed by atoms with Gasteiger partial charge in [-0.05, 0) is 16.8 Å². The predicted octanol–water partition coefficient (Wildman–Crippen LogP) is 4.41. The second kappa shape index (κ2) is 3.48. The minimum Gasteiger partial charge on any atom is -0.206 e. The largest absolute Gasteiger partial charge is 0.206 e. The van der Waals surface area contributed by atoms with Crippen molar-refractivity contribution in [3.8, 4) is 0 Å². The molecule has 3 aromatic carbocycles. The molecule has 0 aliphatic carbocycles. The summed E-state index contributed by atoms with van der Waals surface area (Å²) in [5.74, 6) is -2.88. The molecule has 0 fully saturated rings. The van der Waals surface area contributed by atoms with Crippen molar-refractivity contribution < 1.29 is 13.2 Å². The molecule has 0 saturated carbocycles. The minimum absolute atomic E-state index is 0.170. The lowest BCUT2D eigenvalue weighted by molar-refractivity contribution is 0.519. The number of hydrogen-bond donors (Lipinski definition) is 0. The maximum Gasteiger partial charge on any atom is 0.170 e. The quantitative estimate of drug-likeness (QED) is 0.503. The molecule has 0 unspecified atom stereocenters. The molecule has 17 heavy (non-hydrogen) atoms. The number of rotatable bonds is 0. The summed E-state index contributed by atoms with van der Waals surface area (Å²) in [5, 5.41) is 0.784. The first-order valence-electron chi connectivity index (χ1n) is 5.14. The maximum atomic E-state index is 13.8. The van der Waals surface area contributed by atoms with Gasteiger partial charge in [0.15, 0.2) is 11.6 Å². The fourth-order valence-corrected chi connectivity index (χ4v) is 2.11. The molecule has 0 amide bonds. The van der Waals surface area contributed by atoms with Crippen LogP contribution in [0.3, 0.4) is 0 Å². The van der Waals surface area contributed by atoms with E-state index in [-0.39, 0.29) is 10.8 Å². The van der Waals surface area contributed by atoms with Crippen LogP contribution in [-0.2, 0) is 0 Å². The third kappa shape index (κ3) is 1.32. The van der Waals surface area contributed by atoms with Gasteiger partial charge in [-0.1, -0.05) is 36.4 Å². The Kier molecular flexibility index (Phi) is 2.08. The summed E-state index contributed by atoms with van der Waals surface area (Å²) in [7, 11) is 0. The first kappa shape index (κ1) is 10.1. The van der Waals surface area contributed by atoms with Crippen LogP contribution in [-0.4, -0.2) is 0 Å². The molecule has 0 atom stereocenters. The molecular weight excluding hydrogens is 225 g/mol. The van der Waals surface area contributed by atoms with Gasteiger partial charge in [-0.2, -0.15) is 0 Å². The summed E-state index contributed by atoms with van der Waals surface area (Å²) >= 11 is 0. The number of hydrogen-bond acceptors (Lipinski definition) is 0. The second-order valence-corrected chi connectivity index (χ2v) is 3.84. The van der Waals surface area contributed by atoms with E-state index in [1.54, 1.807) is 24.3 Å². The highest BCUT2D eigenvalue weighted by Crippen LogP contribution is 2.32. The van der Waals surface area contributed by atoms with E-state index in [4.69, 9.17) is 0 Å². The van der Waals surface area contributed by atoms with Gasteiger partial charge in [0.1, 0.15) is 5.82 Å². The van der Waals surface area contributed by atoms with E-state index in [9.17, 15) is 13.2 Å². The van der Waals surface area contributed by atoms with Crippen molar-refractivity contribution in [1.29, 1.82) is 0 Å². The van der Waals surface area contributed by atoms with Crippen LogP contribution in [0.5, 0.6) is 0 Å². The van der Waals surface area contributed by atoms with E-state index in [2.05, 4.69) is 0 Å². The Morgan fingerprint density at radius 1 is 0.588 bits per heavy atom. The third-order valence-corrected chi connectivity index (χ3v) is 2.88. The molecule has 84 valence electrons. The standard InChI is InChI=1S/C14H7F3/c15-11-7-3-6-9-8-4-1-2-5-10(8)13(16)14(17)12(9)11/h1-7H. The highest BCUT2D eigenvalue weighted by atomic mass is 19.2. The number of halogens is 3. The minimum atomic E-state index is -1.13. The van der Waals surface area contributed by atoms with E-state index in [0.29, 0.717) is 10.8 Å². The monoisotopic (exact) mass is 232 g/mol. The molecule has 0 nitrogen and oxygen atoms in total. The first-order chi connectivity index (χ1) is 8.20. The van der Waals surface area contributed by atoms with E-state index < -0.39 is 17.5 Å². The molecular formula is C14H7F3. The van der Waals surface area contributed by atoms with Crippen molar-refractivity contribution in [3.05, 3.63) is 59.9 Å². The van der Waals surface area contributed by atoms with Gasteiger partial charge in [0, 0.05) is 5.39 Å². The summed E-state index contributed by atoms with van der Waals surface area (Å²) in [6.45, 7) is 0. The Morgan fingerprint density at radius 2 is 1.24 bits per heavy atom. The van der Waals surface area contributed by atoms with Crippen molar-refractivity contribution in [3.63, 3.8) is 0 Å². The highest BCUT2D eigenvalue weighted by molar-refractivity contribution is 6.08. The summed E-state index contributed by atoms with van der Waals surface area (Å²) in [6.07, 6.45) is 0. The SMILES string of the molecule is Fc1c(F)c2c(F)cccc2c2ccccc12. The van der Waals surface area contributed by atoms with E-state index in [0.717, 1.165) is 6.07 Å². The maximum absolute atomic E-state index is 13.8. The molecule has 0 aromatic heterocycles. The lowest BCUT2D eigenvalue weighted by Gasteiger charge is -2.07. The Bertz CT molecular complexity index is 732. The van der Waals surface area contributed by atoms with Crippen molar-refractivity contribution in [2.24, 2.45) is 0 Å². The van der Waals surface area contributed by atoms with Gasteiger partial charge in [-0.25, -0.2) is 13.2 Å². The Labute approximate surface area is 95.3 Å². The fourth-order valence-electron chi connectivity index (χ4n) is 2.11. The van der Waals surface area contributed by atoms with Crippen LogP contribution in [0, 0.1) is 17.5 Å². The van der Waals surface area contributed by atoms with Gasteiger partial charge in [-0.15, -0.1) is 0 Å².